The summed E-state index contributed by atoms with van der Waals surface area (Å²) in [6.07, 6.45) is 3.57. The van der Waals surface area contributed by atoms with Gasteiger partial charge >= 0.3 is 0 Å². The molecule has 0 spiro atoms. The molecular weight excluding hydrogens is 260 g/mol. The first kappa shape index (κ1) is 16.3. The Morgan fingerprint density at radius 1 is 1.29 bits per heavy atom. The predicted octanol–water partition coefficient (Wildman–Crippen LogP) is 3.36. The number of anilines is 1. The lowest BCUT2D eigenvalue weighted by atomic mass is 9.99. The summed E-state index contributed by atoms with van der Waals surface area (Å²) in [5.41, 5.74) is 4.13. The summed E-state index contributed by atoms with van der Waals surface area (Å²) in [5, 5.41) is 3.53. The first-order valence-electron chi connectivity index (χ1n) is 8.29. The zero-order valence-electron chi connectivity index (χ0n) is 13.8. The first-order chi connectivity index (χ1) is 10.2. The third-order valence-corrected chi connectivity index (χ3v) is 4.26. The molecule has 1 aromatic rings. The van der Waals surface area contributed by atoms with Gasteiger partial charge in [0.1, 0.15) is 0 Å². The SMILES string of the molecule is CCCNCc1cc(C)ccc1N(C)CC1CCOCC1. The number of nitrogens with one attached hydrogen (secondary N) is 1. The van der Waals surface area contributed by atoms with Gasteiger partial charge in [0.05, 0.1) is 0 Å². The summed E-state index contributed by atoms with van der Waals surface area (Å²) < 4.78 is 5.46. The highest BCUT2D eigenvalue weighted by Gasteiger charge is 2.17. The van der Waals surface area contributed by atoms with Gasteiger partial charge in [-0.3, -0.25) is 0 Å². The van der Waals surface area contributed by atoms with E-state index in [1.165, 1.54) is 36.1 Å². The molecule has 1 heterocycles. The normalized spacial score (nSPS) is 16.1. The van der Waals surface area contributed by atoms with Gasteiger partial charge in [0, 0.05) is 39.0 Å². The Labute approximate surface area is 129 Å². The van der Waals surface area contributed by atoms with Crippen LogP contribution in [0.15, 0.2) is 18.2 Å². The molecule has 1 aromatic carbocycles. The van der Waals surface area contributed by atoms with E-state index in [0.717, 1.165) is 38.8 Å². The molecule has 3 heteroatoms. The molecule has 0 atom stereocenters. The predicted molar refractivity (Wildman–Crippen MR) is 90.0 cm³/mol. The molecular formula is C18H30N2O. The van der Waals surface area contributed by atoms with Crippen molar-refractivity contribution >= 4 is 5.69 Å². The van der Waals surface area contributed by atoms with Crippen LogP contribution in [0.5, 0.6) is 0 Å². The summed E-state index contributed by atoms with van der Waals surface area (Å²) in [6, 6.07) is 6.81. The largest absolute Gasteiger partial charge is 0.381 e. The third kappa shape index (κ3) is 5.01. The second kappa shape index (κ2) is 8.40. The lowest BCUT2D eigenvalue weighted by Crippen LogP contribution is -2.30. The monoisotopic (exact) mass is 290 g/mol. The molecule has 0 radical (unpaired) electrons. The smallest absolute Gasteiger partial charge is 0.0469 e. The van der Waals surface area contributed by atoms with Gasteiger partial charge < -0.3 is 15.0 Å². The maximum atomic E-state index is 5.46. The Bertz CT molecular complexity index is 427. The van der Waals surface area contributed by atoms with Gasteiger partial charge in [-0.2, -0.15) is 0 Å². The van der Waals surface area contributed by atoms with Crippen LogP contribution in [0.4, 0.5) is 5.69 Å². The van der Waals surface area contributed by atoms with Crippen molar-refractivity contribution in [2.45, 2.75) is 39.7 Å². The number of nitrogens with zero attached hydrogens (tertiary/aromatic N) is 1. The van der Waals surface area contributed by atoms with Crippen LogP contribution < -0.4 is 10.2 Å². The molecule has 0 saturated carbocycles. The van der Waals surface area contributed by atoms with Crippen LogP contribution in [0.3, 0.4) is 0 Å². The third-order valence-electron chi connectivity index (χ3n) is 4.26. The molecule has 0 aliphatic carbocycles. The van der Waals surface area contributed by atoms with Crippen molar-refractivity contribution in [1.29, 1.82) is 0 Å². The number of ether oxygens (including phenoxy) is 1. The molecule has 21 heavy (non-hydrogen) atoms. The van der Waals surface area contributed by atoms with Gasteiger partial charge in [-0.1, -0.05) is 24.6 Å². The summed E-state index contributed by atoms with van der Waals surface area (Å²) in [6.45, 7) is 9.41. The van der Waals surface area contributed by atoms with Crippen LogP contribution >= 0.6 is 0 Å². The number of aryl methyl sites for hydroxylation is 1. The van der Waals surface area contributed by atoms with Crippen molar-refractivity contribution in [3.63, 3.8) is 0 Å². The fourth-order valence-electron chi connectivity index (χ4n) is 3.04. The van der Waals surface area contributed by atoms with E-state index in [2.05, 4.69) is 49.3 Å². The lowest BCUT2D eigenvalue weighted by Gasteiger charge is -2.30. The van der Waals surface area contributed by atoms with Crippen LogP contribution in [0.25, 0.3) is 0 Å². The first-order valence-corrected chi connectivity index (χ1v) is 8.29. The number of hydrogen-bond acceptors (Lipinski definition) is 3. The maximum Gasteiger partial charge on any atom is 0.0469 e. The van der Waals surface area contributed by atoms with Crippen molar-refractivity contribution in [3.8, 4) is 0 Å². The molecule has 1 saturated heterocycles. The summed E-state index contributed by atoms with van der Waals surface area (Å²) >= 11 is 0. The molecule has 0 amide bonds. The summed E-state index contributed by atoms with van der Waals surface area (Å²) in [7, 11) is 2.23. The second-order valence-electron chi connectivity index (χ2n) is 6.25. The van der Waals surface area contributed by atoms with E-state index in [1.54, 1.807) is 0 Å². The average molecular weight is 290 g/mol. The minimum Gasteiger partial charge on any atom is -0.381 e. The molecule has 2 rings (SSSR count). The Hall–Kier alpha value is -1.06. The summed E-state index contributed by atoms with van der Waals surface area (Å²) in [4.78, 5) is 2.43. The standard InChI is InChI=1S/C18H30N2O/c1-4-9-19-13-17-12-15(2)5-6-18(17)20(3)14-16-7-10-21-11-8-16/h5-6,12,16,19H,4,7-11,13-14H2,1-3H3. The zero-order valence-corrected chi connectivity index (χ0v) is 13.8. The van der Waals surface area contributed by atoms with Crippen molar-refractivity contribution in [3.05, 3.63) is 29.3 Å². The van der Waals surface area contributed by atoms with Crippen molar-refractivity contribution in [2.24, 2.45) is 5.92 Å². The van der Waals surface area contributed by atoms with E-state index in [0.29, 0.717) is 0 Å². The average Bonchev–Trinajstić information content (AvgIpc) is 2.48. The van der Waals surface area contributed by atoms with Gasteiger partial charge in [0.15, 0.2) is 0 Å². The number of hydrogen-bond donors (Lipinski definition) is 1. The number of benzene rings is 1. The van der Waals surface area contributed by atoms with Gasteiger partial charge in [-0.15, -0.1) is 0 Å². The summed E-state index contributed by atoms with van der Waals surface area (Å²) in [5.74, 6) is 0.765. The quantitative estimate of drug-likeness (QED) is 0.779. The van der Waals surface area contributed by atoms with Crippen LogP contribution in [-0.4, -0.2) is 33.4 Å². The molecule has 0 bridgehead atoms. The Morgan fingerprint density at radius 3 is 2.76 bits per heavy atom. The van der Waals surface area contributed by atoms with Crippen molar-refractivity contribution in [2.75, 3.05) is 38.3 Å². The fourth-order valence-corrected chi connectivity index (χ4v) is 3.04. The minimum absolute atomic E-state index is 0.765. The van der Waals surface area contributed by atoms with E-state index < -0.39 is 0 Å². The van der Waals surface area contributed by atoms with Gasteiger partial charge in [-0.25, -0.2) is 0 Å². The van der Waals surface area contributed by atoms with Crippen molar-refractivity contribution in [1.82, 2.24) is 5.32 Å². The van der Waals surface area contributed by atoms with E-state index in [9.17, 15) is 0 Å². The zero-order chi connectivity index (χ0) is 15.1. The molecule has 118 valence electrons. The van der Waals surface area contributed by atoms with E-state index in [1.807, 2.05) is 0 Å². The lowest BCUT2D eigenvalue weighted by molar-refractivity contribution is 0.0685. The molecule has 1 aliphatic rings. The van der Waals surface area contributed by atoms with E-state index in [4.69, 9.17) is 4.74 Å². The molecule has 1 N–H and O–H groups in total. The Morgan fingerprint density at radius 2 is 2.05 bits per heavy atom. The van der Waals surface area contributed by atoms with E-state index in [-0.39, 0.29) is 0 Å². The highest BCUT2D eigenvalue weighted by atomic mass is 16.5. The molecule has 0 aromatic heterocycles. The number of rotatable bonds is 7. The minimum atomic E-state index is 0.765. The topological polar surface area (TPSA) is 24.5 Å². The highest BCUT2D eigenvalue weighted by molar-refractivity contribution is 5.54. The van der Waals surface area contributed by atoms with Gasteiger partial charge in [0.2, 0.25) is 0 Å². The van der Waals surface area contributed by atoms with Crippen LogP contribution in [0.1, 0.15) is 37.3 Å². The van der Waals surface area contributed by atoms with Gasteiger partial charge in [-0.05, 0) is 50.3 Å². The second-order valence-corrected chi connectivity index (χ2v) is 6.25. The Kier molecular flexibility index (Phi) is 6.52. The van der Waals surface area contributed by atoms with Crippen LogP contribution in [0.2, 0.25) is 0 Å². The van der Waals surface area contributed by atoms with Crippen molar-refractivity contribution < 1.29 is 4.74 Å². The molecule has 1 aliphatic heterocycles. The fraction of sp³-hybridized carbons (Fsp3) is 0.667. The van der Waals surface area contributed by atoms with Crippen LogP contribution in [-0.2, 0) is 11.3 Å². The van der Waals surface area contributed by atoms with Gasteiger partial charge in [0.25, 0.3) is 0 Å². The molecule has 3 nitrogen and oxygen atoms in total. The Balaban J connectivity index is 2.01. The van der Waals surface area contributed by atoms with E-state index >= 15 is 0 Å². The molecule has 0 unspecified atom stereocenters. The highest BCUT2D eigenvalue weighted by Crippen LogP contribution is 2.24. The van der Waals surface area contributed by atoms with Crippen LogP contribution in [0, 0.1) is 12.8 Å². The molecule has 1 fully saturated rings. The maximum absolute atomic E-state index is 5.46.